The van der Waals surface area contributed by atoms with Crippen LogP contribution < -0.4 is 14.9 Å². The molecule has 0 fully saturated rings. The molecular weight excluding hydrogens is 316 g/mol. The summed E-state index contributed by atoms with van der Waals surface area (Å²) >= 11 is 0. The average molecular weight is 330 g/mol. The van der Waals surface area contributed by atoms with Crippen molar-refractivity contribution in [2.75, 3.05) is 7.11 Å². The third-order valence-electron chi connectivity index (χ3n) is 2.77. The largest absolute Gasteiger partial charge is 0.493 e. The Labute approximate surface area is 137 Å². The number of ether oxygens (including phenoxy) is 2. The number of hydrogen-bond donors (Lipinski definition) is 1. The summed E-state index contributed by atoms with van der Waals surface area (Å²) in [5.74, 6) is 0.721. The molecule has 1 heterocycles. The number of hydrazone groups is 1. The number of carbonyl (C=O) groups is 1. The maximum absolute atomic E-state index is 10.8. The van der Waals surface area contributed by atoms with Crippen molar-refractivity contribution in [2.45, 2.75) is 6.92 Å². The fourth-order valence-corrected chi connectivity index (χ4v) is 1.70. The molecule has 0 unspecified atom stereocenters. The number of nitrogens with zero attached hydrogens (tertiary/aromatic N) is 3. The molecule has 1 N–H and O–H groups in total. The van der Waals surface area contributed by atoms with Gasteiger partial charge in [-0.1, -0.05) is 0 Å². The van der Waals surface area contributed by atoms with Crippen LogP contribution in [0.1, 0.15) is 12.5 Å². The minimum absolute atomic E-state index is 0.126. The summed E-state index contributed by atoms with van der Waals surface area (Å²) in [5.41, 5.74) is 2.85. The Bertz CT molecular complexity index is 774. The highest BCUT2D eigenvalue weighted by molar-refractivity contribution is 5.82. The molecule has 0 aliphatic rings. The zero-order chi connectivity index (χ0) is 17.5. The predicted molar refractivity (Wildman–Crippen MR) is 85.4 cm³/mol. The second-order valence-electron chi connectivity index (χ2n) is 4.55. The van der Waals surface area contributed by atoms with E-state index >= 15 is 0 Å². The first kappa shape index (κ1) is 16.9. The lowest BCUT2D eigenvalue weighted by atomic mass is 10.2. The summed E-state index contributed by atoms with van der Waals surface area (Å²) < 4.78 is 10.8. The van der Waals surface area contributed by atoms with E-state index < -0.39 is 4.92 Å². The quantitative estimate of drug-likeness (QED) is 0.493. The summed E-state index contributed by atoms with van der Waals surface area (Å²) in [6, 6.07) is 7.69. The molecule has 1 aromatic carbocycles. The lowest BCUT2D eigenvalue weighted by molar-refractivity contribution is -0.385. The van der Waals surface area contributed by atoms with Gasteiger partial charge in [-0.05, 0) is 23.8 Å². The summed E-state index contributed by atoms with van der Waals surface area (Å²) in [6.45, 7) is 1.35. The molecule has 1 amide bonds. The van der Waals surface area contributed by atoms with Crippen molar-refractivity contribution in [3.63, 3.8) is 0 Å². The molecule has 0 bridgehead atoms. The van der Waals surface area contributed by atoms with Crippen molar-refractivity contribution < 1.29 is 19.2 Å². The Kier molecular flexibility index (Phi) is 5.40. The van der Waals surface area contributed by atoms with Crippen molar-refractivity contribution in [3.8, 4) is 17.4 Å². The number of benzene rings is 1. The molecule has 9 nitrogen and oxygen atoms in total. The van der Waals surface area contributed by atoms with Gasteiger partial charge in [0.2, 0.25) is 11.8 Å². The molecule has 0 aliphatic carbocycles. The number of rotatable bonds is 6. The second-order valence-corrected chi connectivity index (χ2v) is 4.55. The van der Waals surface area contributed by atoms with E-state index in [1.165, 1.54) is 32.4 Å². The maximum atomic E-state index is 10.8. The molecule has 124 valence electrons. The Morgan fingerprint density at radius 1 is 1.33 bits per heavy atom. The maximum Gasteiger partial charge on any atom is 0.287 e. The van der Waals surface area contributed by atoms with E-state index in [2.05, 4.69) is 15.5 Å². The third kappa shape index (κ3) is 4.50. The van der Waals surface area contributed by atoms with Crippen LogP contribution >= 0.6 is 0 Å². The van der Waals surface area contributed by atoms with Gasteiger partial charge in [0.25, 0.3) is 5.69 Å². The number of aromatic nitrogens is 1. The van der Waals surface area contributed by atoms with Gasteiger partial charge in [0.1, 0.15) is 6.20 Å². The molecule has 24 heavy (non-hydrogen) atoms. The smallest absolute Gasteiger partial charge is 0.287 e. The number of nitro groups is 1. The topological polar surface area (TPSA) is 116 Å². The Balaban J connectivity index is 2.16. The Morgan fingerprint density at radius 2 is 2.12 bits per heavy atom. The highest BCUT2D eigenvalue weighted by atomic mass is 16.6. The number of carbonyl (C=O) groups excluding carboxylic acids is 1. The van der Waals surface area contributed by atoms with Gasteiger partial charge in [0.05, 0.1) is 18.2 Å². The van der Waals surface area contributed by atoms with Crippen molar-refractivity contribution >= 4 is 17.8 Å². The predicted octanol–water partition coefficient (Wildman–Crippen LogP) is 2.26. The molecule has 0 saturated carbocycles. The number of nitrogens with one attached hydrogen (secondary N) is 1. The van der Waals surface area contributed by atoms with Crippen LogP contribution in [0.2, 0.25) is 0 Å². The molecule has 9 heteroatoms. The van der Waals surface area contributed by atoms with E-state index in [1.54, 1.807) is 18.2 Å². The third-order valence-corrected chi connectivity index (χ3v) is 2.77. The molecule has 0 atom stereocenters. The van der Waals surface area contributed by atoms with Gasteiger partial charge >= 0.3 is 0 Å². The fourth-order valence-electron chi connectivity index (χ4n) is 1.70. The van der Waals surface area contributed by atoms with Gasteiger partial charge in [-0.25, -0.2) is 10.4 Å². The first-order chi connectivity index (χ1) is 11.5. The van der Waals surface area contributed by atoms with E-state index in [0.717, 1.165) is 6.20 Å². The summed E-state index contributed by atoms with van der Waals surface area (Å²) in [5, 5.41) is 14.4. The van der Waals surface area contributed by atoms with Crippen LogP contribution in [-0.4, -0.2) is 29.1 Å². The standard InChI is InChI=1S/C15H14N4O5/c1-10(20)18-17-8-11-3-5-13(14(7-11)23-2)24-15-6-4-12(9-16-15)19(21)22/h3-9H,1-2H3,(H,18,20)/b17-8+. The Hall–Kier alpha value is -3.49. The van der Waals surface area contributed by atoms with Crippen molar-refractivity contribution in [1.29, 1.82) is 0 Å². The van der Waals surface area contributed by atoms with Crippen LogP contribution in [0.25, 0.3) is 0 Å². The summed E-state index contributed by atoms with van der Waals surface area (Å²) in [4.78, 5) is 24.7. The van der Waals surface area contributed by atoms with E-state index in [1.807, 2.05) is 0 Å². The van der Waals surface area contributed by atoms with E-state index in [0.29, 0.717) is 17.1 Å². The summed E-state index contributed by atoms with van der Waals surface area (Å²) in [6.07, 6.45) is 2.56. The van der Waals surface area contributed by atoms with Crippen molar-refractivity contribution in [3.05, 3.63) is 52.2 Å². The van der Waals surface area contributed by atoms with Crippen molar-refractivity contribution in [1.82, 2.24) is 10.4 Å². The molecular formula is C15H14N4O5. The SMILES string of the molecule is COc1cc(/C=N/NC(C)=O)ccc1Oc1ccc([N+](=O)[O-])cn1. The Morgan fingerprint density at radius 3 is 2.71 bits per heavy atom. The van der Waals surface area contributed by atoms with Gasteiger partial charge in [0, 0.05) is 19.1 Å². The molecule has 0 aliphatic heterocycles. The molecule has 2 rings (SSSR count). The first-order valence-electron chi connectivity index (χ1n) is 6.75. The number of hydrogen-bond acceptors (Lipinski definition) is 7. The molecule has 0 saturated heterocycles. The highest BCUT2D eigenvalue weighted by Gasteiger charge is 2.10. The lowest BCUT2D eigenvalue weighted by Crippen LogP contribution is -2.12. The number of pyridine rings is 1. The summed E-state index contributed by atoms with van der Waals surface area (Å²) in [7, 11) is 1.47. The zero-order valence-electron chi connectivity index (χ0n) is 12.9. The van der Waals surface area contributed by atoms with Crippen LogP contribution in [0.3, 0.4) is 0 Å². The fraction of sp³-hybridized carbons (Fsp3) is 0.133. The number of amides is 1. The van der Waals surface area contributed by atoms with E-state index in [-0.39, 0.29) is 17.5 Å². The van der Waals surface area contributed by atoms with E-state index in [9.17, 15) is 14.9 Å². The van der Waals surface area contributed by atoms with Gasteiger partial charge in [0.15, 0.2) is 11.5 Å². The highest BCUT2D eigenvalue weighted by Crippen LogP contribution is 2.31. The average Bonchev–Trinajstić information content (AvgIpc) is 2.56. The lowest BCUT2D eigenvalue weighted by Gasteiger charge is -2.10. The normalized spacial score (nSPS) is 10.4. The molecule has 0 radical (unpaired) electrons. The minimum Gasteiger partial charge on any atom is -0.493 e. The first-order valence-corrected chi connectivity index (χ1v) is 6.75. The van der Waals surface area contributed by atoms with Gasteiger partial charge in [-0.3, -0.25) is 14.9 Å². The molecule has 0 spiro atoms. The van der Waals surface area contributed by atoms with Crippen molar-refractivity contribution in [2.24, 2.45) is 5.10 Å². The van der Waals surface area contributed by atoms with Crippen LogP contribution in [0, 0.1) is 10.1 Å². The number of methoxy groups -OCH3 is 1. The second kappa shape index (κ2) is 7.68. The van der Waals surface area contributed by atoms with Crippen LogP contribution in [0.4, 0.5) is 5.69 Å². The monoisotopic (exact) mass is 330 g/mol. The molecule has 1 aromatic heterocycles. The van der Waals surface area contributed by atoms with Gasteiger partial charge in [-0.2, -0.15) is 5.10 Å². The van der Waals surface area contributed by atoms with Crippen LogP contribution in [0.5, 0.6) is 17.4 Å². The van der Waals surface area contributed by atoms with Crippen LogP contribution in [-0.2, 0) is 4.79 Å². The van der Waals surface area contributed by atoms with Gasteiger partial charge in [-0.15, -0.1) is 0 Å². The minimum atomic E-state index is -0.541. The van der Waals surface area contributed by atoms with E-state index in [4.69, 9.17) is 9.47 Å². The van der Waals surface area contributed by atoms with Gasteiger partial charge < -0.3 is 9.47 Å². The zero-order valence-corrected chi connectivity index (χ0v) is 12.9. The van der Waals surface area contributed by atoms with Crippen LogP contribution in [0.15, 0.2) is 41.6 Å². The molecule has 2 aromatic rings.